The summed E-state index contributed by atoms with van der Waals surface area (Å²) in [6.07, 6.45) is 6.21. The predicted octanol–water partition coefficient (Wildman–Crippen LogP) is 1.89. The van der Waals surface area contributed by atoms with E-state index in [0.29, 0.717) is 12.0 Å². The molecule has 0 atom stereocenters. The summed E-state index contributed by atoms with van der Waals surface area (Å²) in [7, 11) is 0. The summed E-state index contributed by atoms with van der Waals surface area (Å²) in [6, 6.07) is 3.47. The van der Waals surface area contributed by atoms with E-state index in [4.69, 9.17) is 0 Å². The molecule has 0 radical (unpaired) electrons. The minimum Gasteiger partial charge on any atom is -0.303 e. The van der Waals surface area contributed by atoms with Crippen LogP contribution in [0.4, 0.5) is 0 Å². The zero-order valence-corrected chi connectivity index (χ0v) is 7.93. The van der Waals surface area contributed by atoms with Gasteiger partial charge in [0.25, 0.3) is 0 Å². The fourth-order valence-electron chi connectivity index (χ4n) is 0.956. The number of nitrogens with zero attached hydrogens (tertiary/aromatic N) is 1. The fourth-order valence-corrected chi connectivity index (χ4v) is 0.956. The first-order chi connectivity index (χ1) is 6.74. The molecule has 0 fully saturated rings. The summed E-state index contributed by atoms with van der Waals surface area (Å²) in [4.78, 5) is 25.0. The average Bonchev–Trinajstić information content (AvgIpc) is 2.19. The van der Waals surface area contributed by atoms with Crippen LogP contribution >= 0.6 is 0 Å². The second kappa shape index (κ2) is 5.07. The van der Waals surface area contributed by atoms with Crippen molar-refractivity contribution in [2.24, 2.45) is 0 Å². The molecule has 0 amide bonds. The van der Waals surface area contributed by atoms with Gasteiger partial charge in [0.15, 0.2) is 5.78 Å². The summed E-state index contributed by atoms with van der Waals surface area (Å²) < 4.78 is 0. The van der Waals surface area contributed by atoms with Crippen molar-refractivity contribution < 1.29 is 9.59 Å². The normalized spacial score (nSPS) is 10.4. The van der Waals surface area contributed by atoms with Crippen molar-refractivity contribution in [2.75, 3.05) is 0 Å². The first kappa shape index (κ1) is 10.3. The van der Waals surface area contributed by atoms with E-state index in [2.05, 4.69) is 4.98 Å². The first-order valence-electron chi connectivity index (χ1n) is 4.31. The van der Waals surface area contributed by atoms with E-state index in [1.165, 1.54) is 13.1 Å². The zero-order chi connectivity index (χ0) is 10.4. The van der Waals surface area contributed by atoms with Crippen LogP contribution in [0.3, 0.4) is 0 Å². The third kappa shape index (κ3) is 2.94. The fraction of sp³-hybridized carbons (Fsp3) is 0.182. The van der Waals surface area contributed by atoms with Crippen molar-refractivity contribution in [3.63, 3.8) is 0 Å². The Hall–Kier alpha value is -1.77. The highest BCUT2D eigenvalue weighted by Gasteiger charge is 1.97. The Kier molecular flexibility index (Phi) is 3.73. The number of Topliss-reactive ketones (excluding diaryl/α,β-unsaturated/α-hetero) is 1. The number of hydrogen-bond acceptors (Lipinski definition) is 3. The van der Waals surface area contributed by atoms with E-state index in [-0.39, 0.29) is 5.78 Å². The second-order valence-electron chi connectivity index (χ2n) is 2.83. The van der Waals surface area contributed by atoms with Gasteiger partial charge in [0.1, 0.15) is 6.29 Å². The number of allylic oxidation sites excluding steroid dienone is 1. The van der Waals surface area contributed by atoms with Gasteiger partial charge in [0.05, 0.1) is 5.69 Å². The summed E-state index contributed by atoms with van der Waals surface area (Å²) in [5.41, 5.74) is 1.34. The molecule has 1 aromatic rings. The van der Waals surface area contributed by atoms with E-state index in [1.807, 2.05) is 0 Å². The molecule has 0 aromatic carbocycles. The molecule has 1 aromatic heterocycles. The van der Waals surface area contributed by atoms with E-state index < -0.39 is 0 Å². The molecule has 0 bridgehead atoms. The largest absolute Gasteiger partial charge is 0.303 e. The number of pyridine rings is 1. The van der Waals surface area contributed by atoms with Crippen LogP contribution in [0.15, 0.2) is 24.4 Å². The molecule has 0 unspecified atom stereocenters. The van der Waals surface area contributed by atoms with Gasteiger partial charge in [-0.1, -0.05) is 6.08 Å². The lowest BCUT2D eigenvalue weighted by Crippen LogP contribution is -1.93. The van der Waals surface area contributed by atoms with Crippen molar-refractivity contribution in [1.82, 2.24) is 4.98 Å². The predicted molar refractivity (Wildman–Crippen MR) is 54.0 cm³/mol. The van der Waals surface area contributed by atoms with E-state index >= 15 is 0 Å². The monoisotopic (exact) mass is 189 g/mol. The van der Waals surface area contributed by atoms with Gasteiger partial charge in [-0.25, -0.2) is 0 Å². The lowest BCUT2D eigenvalue weighted by atomic mass is 10.2. The van der Waals surface area contributed by atoms with Gasteiger partial charge >= 0.3 is 0 Å². The van der Waals surface area contributed by atoms with E-state index in [0.717, 1.165) is 12.0 Å². The topological polar surface area (TPSA) is 47.0 Å². The van der Waals surface area contributed by atoms with Gasteiger partial charge < -0.3 is 4.79 Å². The summed E-state index contributed by atoms with van der Waals surface area (Å²) >= 11 is 0. The van der Waals surface area contributed by atoms with E-state index in [1.54, 1.807) is 24.3 Å². The van der Waals surface area contributed by atoms with Gasteiger partial charge in [-0.2, -0.15) is 0 Å². The highest BCUT2D eigenvalue weighted by molar-refractivity contribution is 5.93. The maximum Gasteiger partial charge on any atom is 0.161 e. The SMILES string of the molecule is CC(=O)c1ccc(C=CCC=O)nc1. The Morgan fingerprint density at radius 2 is 2.29 bits per heavy atom. The highest BCUT2D eigenvalue weighted by atomic mass is 16.1. The zero-order valence-electron chi connectivity index (χ0n) is 7.93. The van der Waals surface area contributed by atoms with Gasteiger partial charge in [-0.3, -0.25) is 9.78 Å². The van der Waals surface area contributed by atoms with Crippen molar-refractivity contribution in [3.05, 3.63) is 35.7 Å². The third-order valence-corrected chi connectivity index (χ3v) is 1.71. The van der Waals surface area contributed by atoms with Gasteiger partial charge in [0.2, 0.25) is 0 Å². The lowest BCUT2D eigenvalue weighted by Gasteiger charge is -1.95. The van der Waals surface area contributed by atoms with Gasteiger partial charge in [-0.15, -0.1) is 0 Å². The Labute approximate surface area is 82.5 Å². The molecule has 3 nitrogen and oxygen atoms in total. The van der Waals surface area contributed by atoms with Crippen molar-refractivity contribution >= 4 is 18.1 Å². The molecule has 0 spiro atoms. The molecular formula is C11H11NO2. The summed E-state index contributed by atoms with van der Waals surface area (Å²) in [5.74, 6) is 0.000853. The maximum absolute atomic E-state index is 10.9. The van der Waals surface area contributed by atoms with Crippen LogP contribution in [0, 0.1) is 0 Å². The third-order valence-electron chi connectivity index (χ3n) is 1.71. The molecule has 3 heteroatoms. The van der Waals surface area contributed by atoms with Crippen LogP contribution in [-0.2, 0) is 4.79 Å². The van der Waals surface area contributed by atoms with Gasteiger partial charge in [-0.05, 0) is 25.1 Å². The van der Waals surface area contributed by atoms with Crippen LogP contribution < -0.4 is 0 Å². The molecule has 14 heavy (non-hydrogen) atoms. The summed E-state index contributed by atoms with van der Waals surface area (Å²) in [5, 5.41) is 0. The number of aromatic nitrogens is 1. The molecule has 0 aliphatic rings. The molecule has 0 saturated heterocycles. The Morgan fingerprint density at radius 3 is 2.79 bits per heavy atom. The second-order valence-corrected chi connectivity index (χ2v) is 2.83. The average molecular weight is 189 g/mol. The quantitative estimate of drug-likeness (QED) is 0.536. The van der Waals surface area contributed by atoms with E-state index in [9.17, 15) is 9.59 Å². The number of rotatable bonds is 4. The van der Waals surface area contributed by atoms with Crippen LogP contribution in [-0.4, -0.2) is 17.1 Å². The van der Waals surface area contributed by atoms with Crippen LogP contribution in [0.5, 0.6) is 0 Å². The number of ketones is 1. The molecule has 1 rings (SSSR count). The molecule has 0 aliphatic heterocycles. The van der Waals surface area contributed by atoms with Crippen molar-refractivity contribution in [2.45, 2.75) is 13.3 Å². The van der Waals surface area contributed by atoms with Crippen LogP contribution in [0.25, 0.3) is 6.08 Å². The maximum atomic E-state index is 10.9. The molecule has 0 saturated carbocycles. The van der Waals surface area contributed by atoms with Crippen LogP contribution in [0.2, 0.25) is 0 Å². The summed E-state index contributed by atoms with van der Waals surface area (Å²) in [6.45, 7) is 1.50. The Bertz CT molecular complexity index is 352. The molecule has 72 valence electrons. The first-order valence-corrected chi connectivity index (χ1v) is 4.31. The number of carbonyl (C=O) groups is 2. The number of hydrogen-bond donors (Lipinski definition) is 0. The van der Waals surface area contributed by atoms with Crippen molar-refractivity contribution in [1.29, 1.82) is 0 Å². The minimum atomic E-state index is 0.000853. The highest BCUT2D eigenvalue weighted by Crippen LogP contribution is 2.02. The molecular weight excluding hydrogens is 178 g/mol. The Morgan fingerprint density at radius 1 is 1.50 bits per heavy atom. The molecule has 1 heterocycles. The van der Waals surface area contributed by atoms with Crippen LogP contribution in [0.1, 0.15) is 29.4 Å². The minimum absolute atomic E-state index is 0.000853. The molecule has 0 N–H and O–H groups in total. The van der Waals surface area contributed by atoms with Crippen molar-refractivity contribution in [3.8, 4) is 0 Å². The lowest BCUT2D eigenvalue weighted by molar-refractivity contribution is -0.107. The molecule has 0 aliphatic carbocycles. The number of aldehydes is 1. The van der Waals surface area contributed by atoms with Gasteiger partial charge in [0, 0.05) is 18.2 Å². The Balaban J connectivity index is 2.73. The number of carbonyl (C=O) groups excluding carboxylic acids is 2. The smallest absolute Gasteiger partial charge is 0.161 e. The standard InChI is InChI=1S/C11H11NO2/c1-9(14)10-5-6-11(12-8-10)4-2-3-7-13/h2,4-8H,3H2,1H3.